The molecule has 158 valence electrons. The van der Waals surface area contributed by atoms with Crippen molar-refractivity contribution in [3.05, 3.63) is 64.2 Å². The second-order valence-corrected chi connectivity index (χ2v) is 7.04. The lowest BCUT2D eigenvalue weighted by Crippen LogP contribution is -2.14. The minimum absolute atomic E-state index is 0.0396. The standard InChI is InChI=1S/C23H23F3N2O2/c1-5-30-21-9-15(4)16(11-20(21)14(2)3)10-17(13-27)22(29)28-19-8-6-7-18(12-19)23(24,25)26/h6-12,14H,5H2,1-4H3,(H,28,29)/b17-10+. The maximum Gasteiger partial charge on any atom is 0.416 e. The Morgan fingerprint density at radius 1 is 1.27 bits per heavy atom. The van der Waals surface area contributed by atoms with Crippen LogP contribution in [0.15, 0.2) is 42.0 Å². The lowest BCUT2D eigenvalue weighted by molar-refractivity contribution is -0.137. The summed E-state index contributed by atoms with van der Waals surface area (Å²) in [4.78, 5) is 12.5. The van der Waals surface area contributed by atoms with E-state index < -0.39 is 17.6 Å². The van der Waals surface area contributed by atoms with Crippen molar-refractivity contribution >= 4 is 17.7 Å². The van der Waals surface area contributed by atoms with Crippen LogP contribution in [0.4, 0.5) is 18.9 Å². The molecule has 0 bridgehead atoms. The van der Waals surface area contributed by atoms with Crippen molar-refractivity contribution in [2.24, 2.45) is 0 Å². The van der Waals surface area contributed by atoms with E-state index in [4.69, 9.17) is 4.74 Å². The van der Waals surface area contributed by atoms with Gasteiger partial charge in [-0.3, -0.25) is 4.79 Å². The second kappa shape index (κ2) is 9.49. The molecular weight excluding hydrogens is 393 g/mol. The molecule has 4 nitrogen and oxygen atoms in total. The Morgan fingerprint density at radius 3 is 2.53 bits per heavy atom. The van der Waals surface area contributed by atoms with Crippen LogP contribution in [0, 0.1) is 18.3 Å². The van der Waals surface area contributed by atoms with Crippen LogP contribution in [0.2, 0.25) is 0 Å². The Labute approximate surface area is 174 Å². The zero-order valence-corrected chi connectivity index (χ0v) is 17.2. The molecule has 2 aromatic carbocycles. The molecule has 0 saturated heterocycles. The molecule has 0 saturated carbocycles. The van der Waals surface area contributed by atoms with E-state index in [0.29, 0.717) is 12.2 Å². The summed E-state index contributed by atoms with van der Waals surface area (Å²) < 4.78 is 44.3. The number of aryl methyl sites for hydroxylation is 1. The van der Waals surface area contributed by atoms with Gasteiger partial charge in [0.05, 0.1) is 12.2 Å². The van der Waals surface area contributed by atoms with Gasteiger partial charge in [-0.25, -0.2) is 0 Å². The number of nitriles is 1. The molecule has 0 aromatic heterocycles. The molecule has 0 aliphatic heterocycles. The quantitative estimate of drug-likeness (QED) is 0.458. The Kier molecular flexibility index (Phi) is 7.28. The highest BCUT2D eigenvalue weighted by atomic mass is 19.4. The van der Waals surface area contributed by atoms with E-state index in [1.807, 2.05) is 45.9 Å². The number of nitrogens with zero attached hydrogens (tertiary/aromatic N) is 1. The van der Waals surface area contributed by atoms with E-state index in [1.54, 1.807) is 0 Å². The Balaban J connectivity index is 2.37. The minimum atomic E-state index is -4.53. The molecule has 0 aliphatic rings. The molecule has 0 radical (unpaired) electrons. The van der Waals surface area contributed by atoms with E-state index in [2.05, 4.69) is 5.32 Å². The molecule has 0 unspecified atom stereocenters. The topological polar surface area (TPSA) is 62.1 Å². The number of benzene rings is 2. The Morgan fingerprint density at radius 2 is 1.97 bits per heavy atom. The normalized spacial score (nSPS) is 11.9. The third kappa shape index (κ3) is 5.63. The number of ether oxygens (including phenoxy) is 1. The van der Waals surface area contributed by atoms with Crippen molar-refractivity contribution < 1.29 is 22.7 Å². The highest BCUT2D eigenvalue weighted by Crippen LogP contribution is 2.32. The van der Waals surface area contributed by atoms with Gasteiger partial charge >= 0.3 is 6.18 Å². The molecule has 7 heteroatoms. The minimum Gasteiger partial charge on any atom is -0.494 e. The zero-order valence-electron chi connectivity index (χ0n) is 17.2. The summed E-state index contributed by atoms with van der Waals surface area (Å²) in [6.07, 6.45) is -3.10. The van der Waals surface area contributed by atoms with Crippen molar-refractivity contribution in [3.8, 4) is 11.8 Å². The summed E-state index contributed by atoms with van der Waals surface area (Å²) in [5.41, 5.74) is 1.27. The molecule has 0 fully saturated rings. The number of hydrogen-bond donors (Lipinski definition) is 1. The van der Waals surface area contributed by atoms with Crippen molar-refractivity contribution in [1.82, 2.24) is 0 Å². The van der Waals surface area contributed by atoms with Crippen molar-refractivity contribution in [2.75, 3.05) is 11.9 Å². The molecule has 0 spiro atoms. The van der Waals surface area contributed by atoms with Gasteiger partial charge in [-0.2, -0.15) is 18.4 Å². The van der Waals surface area contributed by atoms with Crippen LogP contribution < -0.4 is 10.1 Å². The molecule has 2 aromatic rings. The van der Waals surface area contributed by atoms with Crippen LogP contribution in [0.5, 0.6) is 5.75 Å². The number of rotatable bonds is 6. The first-order valence-corrected chi connectivity index (χ1v) is 9.44. The number of nitrogens with one attached hydrogen (secondary N) is 1. The van der Waals surface area contributed by atoms with Crippen LogP contribution >= 0.6 is 0 Å². The fourth-order valence-corrected chi connectivity index (χ4v) is 2.88. The average molecular weight is 416 g/mol. The summed E-state index contributed by atoms with van der Waals surface area (Å²) >= 11 is 0. The van der Waals surface area contributed by atoms with Gasteiger partial charge in [0.25, 0.3) is 5.91 Å². The lowest BCUT2D eigenvalue weighted by Gasteiger charge is -2.16. The average Bonchev–Trinajstić information content (AvgIpc) is 2.66. The monoisotopic (exact) mass is 416 g/mol. The number of alkyl halides is 3. The summed E-state index contributed by atoms with van der Waals surface area (Å²) in [6, 6.07) is 9.80. The second-order valence-electron chi connectivity index (χ2n) is 7.04. The van der Waals surface area contributed by atoms with Gasteiger partial charge in [-0.05, 0) is 72.9 Å². The Bertz CT molecular complexity index is 1000. The SMILES string of the molecule is CCOc1cc(C)c(/C=C(\C#N)C(=O)Nc2cccc(C(F)(F)F)c2)cc1C(C)C. The van der Waals surface area contributed by atoms with Crippen LogP contribution in [0.25, 0.3) is 6.08 Å². The molecule has 1 N–H and O–H groups in total. The summed E-state index contributed by atoms with van der Waals surface area (Å²) in [5.74, 6) is 0.119. The first-order valence-electron chi connectivity index (χ1n) is 9.44. The summed E-state index contributed by atoms with van der Waals surface area (Å²) in [6.45, 7) is 8.24. The van der Waals surface area contributed by atoms with Crippen LogP contribution in [-0.2, 0) is 11.0 Å². The van der Waals surface area contributed by atoms with Crippen LogP contribution in [0.3, 0.4) is 0 Å². The van der Waals surface area contributed by atoms with Gasteiger partial charge < -0.3 is 10.1 Å². The number of anilines is 1. The number of amides is 1. The highest BCUT2D eigenvalue weighted by Gasteiger charge is 2.30. The van der Waals surface area contributed by atoms with E-state index in [9.17, 15) is 23.2 Å². The number of hydrogen-bond acceptors (Lipinski definition) is 3. The molecule has 0 aliphatic carbocycles. The highest BCUT2D eigenvalue weighted by molar-refractivity contribution is 6.09. The van der Waals surface area contributed by atoms with Crippen LogP contribution in [0.1, 0.15) is 48.9 Å². The molecule has 0 heterocycles. The lowest BCUT2D eigenvalue weighted by atomic mass is 9.95. The van der Waals surface area contributed by atoms with Crippen LogP contribution in [-0.4, -0.2) is 12.5 Å². The molecular formula is C23H23F3N2O2. The predicted octanol–water partition coefficient (Wildman–Crippen LogP) is 6.08. The summed E-state index contributed by atoms with van der Waals surface area (Å²) in [5, 5.41) is 11.8. The number of carbonyl (C=O) groups excluding carboxylic acids is 1. The van der Waals surface area contributed by atoms with E-state index in [0.717, 1.165) is 29.0 Å². The van der Waals surface area contributed by atoms with Gasteiger partial charge in [0.15, 0.2) is 0 Å². The van der Waals surface area contributed by atoms with E-state index in [-0.39, 0.29) is 17.2 Å². The largest absolute Gasteiger partial charge is 0.494 e. The summed E-state index contributed by atoms with van der Waals surface area (Å²) in [7, 11) is 0. The maximum absolute atomic E-state index is 12.9. The van der Waals surface area contributed by atoms with Gasteiger partial charge in [-0.1, -0.05) is 19.9 Å². The third-order valence-corrected chi connectivity index (χ3v) is 4.43. The van der Waals surface area contributed by atoms with Gasteiger partial charge in [0, 0.05) is 5.69 Å². The first-order chi connectivity index (χ1) is 14.1. The fraction of sp³-hybridized carbons (Fsp3) is 0.304. The molecule has 0 atom stereocenters. The third-order valence-electron chi connectivity index (χ3n) is 4.43. The van der Waals surface area contributed by atoms with Crippen molar-refractivity contribution in [3.63, 3.8) is 0 Å². The molecule has 30 heavy (non-hydrogen) atoms. The smallest absolute Gasteiger partial charge is 0.416 e. The maximum atomic E-state index is 12.9. The van der Waals surface area contributed by atoms with Gasteiger partial charge in [0.1, 0.15) is 17.4 Å². The molecule has 1 amide bonds. The van der Waals surface area contributed by atoms with Crippen molar-refractivity contribution in [1.29, 1.82) is 5.26 Å². The first kappa shape index (κ1) is 23.0. The number of carbonyl (C=O) groups is 1. The zero-order chi connectivity index (χ0) is 22.5. The van der Waals surface area contributed by atoms with Crippen molar-refractivity contribution in [2.45, 2.75) is 39.8 Å². The van der Waals surface area contributed by atoms with E-state index in [1.165, 1.54) is 18.2 Å². The van der Waals surface area contributed by atoms with E-state index >= 15 is 0 Å². The van der Waals surface area contributed by atoms with Gasteiger partial charge in [-0.15, -0.1) is 0 Å². The fourth-order valence-electron chi connectivity index (χ4n) is 2.88. The molecule has 2 rings (SSSR count). The number of halogens is 3. The predicted molar refractivity (Wildman–Crippen MR) is 110 cm³/mol. The van der Waals surface area contributed by atoms with Gasteiger partial charge in [0.2, 0.25) is 0 Å². The Hall–Kier alpha value is -3.27.